The highest BCUT2D eigenvalue weighted by Gasteiger charge is 2.20. The van der Waals surface area contributed by atoms with Crippen LogP contribution in [0.1, 0.15) is 17.7 Å². The van der Waals surface area contributed by atoms with Crippen molar-refractivity contribution >= 4 is 0 Å². The molecule has 0 amide bonds. The highest BCUT2D eigenvalue weighted by molar-refractivity contribution is 5.36. The zero-order chi connectivity index (χ0) is 9.30. The van der Waals surface area contributed by atoms with Crippen molar-refractivity contribution < 1.29 is 18.3 Å². The number of nitrogens with zero attached hydrogens (tertiary/aromatic N) is 1. The number of rotatable bonds is 1. The number of aromatic nitrogens is 1. The van der Waals surface area contributed by atoms with E-state index in [1.54, 1.807) is 0 Å². The Bertz CT molecular complexity index is 301. The summed E-state index contributed by atoms with van der Waals surface area (Å²) >= 11 is 0. The predicted molar refractivity (Wildman–Crippen MR) is 35.6 cm³/mol. The fraction of sp³-hybridized carbons (Fsp3) is 0.286. The van der Waals surface area contributed by atoms with Crippen molar-refractivity contribution in [3.05, 3.63) is 23.3 Å². The molecule has 1 rings (SSSR count). The van der Waals surface area contributed by atoms with E-state index in [9.17, 15) is 13.2 Å². The lowest BCUT2D eigenvalue weighted by Gasteiger charge is -2.05. The molecule has 0 aliphatic carbocycles. The van der Waals surface area contributed by atoms with Crippen molar-refractivity contribution in [2.75, 3.05) is 0 Å². The molecule has 1 aromatic heterocycles. The molecule has 0 saturated carbocycles. The van der Waals surface area contributed by atoms with Crippen LogP contribution in [-0.2, 0) is 0 Å². The minimum atomic E-state index is -3.02. The van der Waals surface area contributed by atoms with Gasteiger partial charge < -0.3 is 5.11 Å². The molecule has 5 heteroatoms. The first kappa shape index (κ1) is 8.83. The van der Waals surface area contributed by atoms with Crippen molar-refractivity contribution in [3.8, 4) is 5.75 Å². The fourth-order valence-electron chi connectivity index (χ4n) is 0.800. The first-order chi connectivity index (χ1) is 5.54. The standard InChI is InChI=1S/C7H6F3NO/c1-3-6(12)5(7(9)10)4(8)2-11-3/h2,7,12H,1H3. The lowest BCUT2D eigenvalue weighted by atomic mass is 10.2. The molecule has 0 aromatic carbocycles. The highest BCUT2D eigenvalue weighted by atomic mass is 19.3. The van der Waals surface area contributed by atoms with Gasteiger partial charge in [0.05, 0.1) is 17.5 Å². The van der Waals surface area contributed by atoms with E-state index in [2.05, 4.69) is 4.98 Å². The average molecular weight is 177 g/mol. The molecule has 1 heterocycles. The van der Waals surface area contributed by atoms with Gasteiger partial charge in [-0.25, -0.2) is 13.2 Å². The lowest BCUT2D eigenvalue weighted by Crippen LogP contribution is -1.95. The number of aromatic hydroxyl groups is 1. The minimum absolute atomic E-state index is 0.00769. The van der Waals surface area contributed by atoms with E-state index in [0.717, 1.165) is 0 Å². The summed E-state index contributed by atoms with van der Waals surface area (Å²) in [6, 6.07) is 0. The molecule has 0 unspecified atom stereocenters. The summed E-state index contributed by atoms with van der Waals surface area (Å²) in [6.07, 6.45) is -2.36. The van der Waals surface area contributed by atoms with Crippen LogP contribution < -0.4 is 0 Å². The zero-order valence-corrected chi connectivity index (χ0v) is 6.18. The molecule has 0 aliphatic rings. The van der Waals surface area contributed by atoms with Crippen molar-refractivity contribution in [1.29, 1.82) is 0 Å². The Kier molecular flexibility index (Phi) is 2.21. The second-order valence-electron chi connectivity index (χ2n) is 2.25. The summed E-state index contributed by atoms with van der Waals surface area (Å²) in [5.74, 6) is -1.96. The number of pyridine rings is 1. The zero-order valence-electron chi connectivity index (χ0n) is 6.18. The van der Waals surface area contributed by atoms with Crippen LogP contribution in [0.15, 0.2) is 6.20 Å². The monoisotopic (exact) mass is 177 g/mol. The van der Waals surface area contributed by atoms with Gasteiger partial charge in [0, 0.05) is 0 Å². The summed E-state index contributed by atoms with van der Waals surface area (Å²) in [4.78, 5) is 3.36. The number of hydrogen-bond acceptors (Lipinski definition) is 2. The van der Waals surface area contributed by atoms with Crippen LogP contribution in [0, 0.1) is 12.7 Å². The summed E-state index contributed by atoms with van der Waals surface area (Å²) in [5.41, 5.74) is -0.991. The fourth-order valence-corrected chi connectivity index (χ4v) is 0.800. The number of hydrogen-bond donors (Lipinski definition) is 1. The largest absolute Gasteiger partial charge is 0.505 e. The average Bonchev–Trinajstić information content (AvgIpc) is 1.97. The first-order valence-corrected chi connectivity index (χ1v) is 3.16. The van der Waals surface area contributed by atoms with E-state index in [1.165, 1.54) is 6.92 Å². The molecule has 0 atom stereocenters. The van der Waals surface area contributed by atoms with Gasteiger partial charge in [-0.3, -0.25) is 4.98 Å². The van der Waals surface area contributed by atoms with E-state index < -0.39 is 23.6 Å². The maximum atomic E-state index is 12.6. The van der Waals surface area contributed by atoms with Gasteiger partial charge in [0.25, 0.3) is 6.43 Å². The Morgan fingerprint density at radius 2 is 2.08 bits per heavy atom. The van der Waals surface area contributed by atoms with Crippen molar-refractivity contribution in [2.45, 2.75) is 13.3 Å². The van der Waals surface area contributed by atoms with Crippen LogP contribution in [0.5, 0.6) is 5.75 Å². The normalized spacial score (nSPS) is 10.8. The number of alkyl halides is 2. The summed E-state index contributed by atoms with van der Waals surface area (Å²) in [7, 11) is 0. The molecular formula is C7H6F3NO. The van der Waals surface area contributed by atoms with Crippen LogP contribution in [0.25, 0.3) is 0 Å². The van der Waals surface area contributed by atoms with Gasteiger partial charge in [-0.2, -0.15) is 0 Å². The van der Waals surface area contributed by atoms with Gasteiger partial charge in [-0.1, -0.05) is 0 Å². The summed E-state index contributed by atoms with van der Waals surface area (Å²) in [5, 5.41) is 8.97. The van der Waals surface area contributed by atoms with E-state index >= 15 is 0 Å². The topological polar surface area (TPSA) is 33.1 Å². The van der Waals surface area contributed by atoms with E-state index in [4.69, 9.17) is 5.11 Å². The van der Waals surface area contributed by atoms with Gasteiger partial charge in [0.1, 0.15) is 5.75 Å². The molecule has 0 spiro atoms. The quantitative estimate of drug-likeness (QED) is 0.713. The van der Waals surface area contributed by atoms with E-state index in [0.29, 0.717) is 6.20 Å². The Balaban J connectivity index is 3.33. The van der Waals surface area contributed by atoms with Crippen LogP contribution >= 0.6 is 0 Å². The van der Waals surface area contributed by atoms with Gasteiger partial charge in [0.2, 0.25) is 0 Å². The highest BCUT2D eigenvalue weighted by Crippen LogP contribution is 2.31. The molecule has 0 saturated heterocycles. The molecule has 66 valence electrons. The third-order valence-corrected chi connectivity index (χ3v) is 1.44. The Morgan fingerprint density at radius 3 is 2.50 bits per heavy atom. The van der Waals surface area contributed by atoms with Gasteiger partial charge >= 0.3 is 0 Å². The SMILES string of the molecule is Cc1ncc(F)c(C(F)F)c1O. The third-order valence-electron chi connectivity index (χ3n) is 1.44. The molecule has 12 heavy (non-hydrogen) atoms. The summed E-state index contributed by atoms with van der Waals surface area (Å²) < 4.78 is 36.7. The van der Waals surface area contributed by atoms with Gasteiger partial charge in [-0.05, 0) is 6.92 Å². The molecule has 0 aliphatic heterocycles. The van der Waals surface area contributed by atoms with E-state index in [1.807, 2.05) is 0 Å². The van der Waals surface area contributed by atoms with Gasteiger partial charge in [0.15, 0.2) is 5.82 Å². The lowest BCUT2D eigenvalue weighted by molar-refractivity contribution is 0.141. The number of halogens is 3. The minimum Gasteiger partial charge on any atom is -0.505 e. The van der Waals surface area contributed by atoms with Gasteiger partial charge in [-0.15, -0.1) is 0 Å². The molecule has 0 radical (unpaired) electrons. The van der Waals surface area contributed by atoms with Crippen LogP contribution in [0.4, 0.5) is 13.2 Å². The smallest absolute Gasteiger partial charge is 0.270 e. The molecular weight excluding hydrogens is 171 g/mol. The predicted octanol–water partition coefficient (Wildman–Crippen LogP) is 2.17. The third kappa shape index (κ3) is 1.34. The van der Waals surface area contributed by atoms with Crippen LogP contribution in [-0.4, -0.2) is 10.1 Å². The summed E-state index contributed by atoms with van der Waals surface area (Å²) in [6.45, 7) is 1.32. The second kappa shape index (κ2) is 3.00. The Labute approximate surface area is 66.7 Å². The Morgan fingerprint density at radius 1 is 1.50 bits per heavy atom. The molecule has 2 nitrogen and oxygen atoms in total. The number of aryl methyl sites for hydroxylation is 1. The molecule has 1 aromatic rings. The first-order valence-electron chi connectivity index (χ1n) is 3.16. The molecule has 0 fully saturated rings. The van der Waals surface area contributed by atoms with Crippen molar-refractivity contribution in [1.82, 2.24) is 4.98 Å². The van der Waals surface area contributed by atoms with Crippen LogP contribution in [0.3, 0.4) is 0 Å². The van der Waals surface area contributed by atoms with Crippen LogP contribution in [0.2, 0.25) is 0 Å². The van der Waals surface area contributed by atoms with Crippen molar-refractivity contribution in [2.24, 2.45) is 0 Å². The maximum Gasteiger partial charge on any atom is 0.270 e. The Hall–Kier alpha value is -1.26. The maximum absolute atomic E-state index is 12.6. The molecule has 0 bridgehead atoms. The molecule has 1 N–H and O–H groups in total. The van der Waals surface area contributed by atoms with E-state index in [-0.39, 0.29) is 5.69 Å². The second-order valence-corrected chi connectivity index (χ2v) is 2.25. The van der Waals surface area contributed by atoms with Crippen molar-refractivity contribution in [3.63, 3.8) is 0 Å².